The highest BCUT2D eigenvalue weighted by Crippen LogP contribution is 2.31. The minimum Gasteiger partial charge on any atom is -0.489 e. The van der Waals surface area contributed by atoms with Crippen LogP contribution in [0.15, 0.2) is 16.6 Å². The zero-order valence-corrected chi connectivity index (χ0v) is 12.8. The van der Waals surface area contributed by atoms with Gasteiger partial charge in [0.2, 0.25) is 10.0 Å². The Balaban J connectivity index is 2.83. The zero-order valence-electron chi connectivity index (χ0n) is 10.4. The predicted molar refractivity (Wildman–Crippen MR) is 71.3 cm³/mol. The number of hydrogen-bond acceptors (Lipinski definition) is 3. The summed E-state index contributed by atoms with van der Waals surface area (Å²) in [6.07, 6.45) is 0. The number of sulfonamides is 1. The molecule has 0 spiro atoms. The van der Waals surface area contributed by atoms with Crippen molar-refractivity contribution in [3.8, 4) is 5.75 Å². The minimum atomic E-state index is -3.66. The van der Waals surface area contributed by atoms with E-state index in [1.165, 1.54) is 0 Å². The molecule has 0 aliphatic rings. The molecule has 0 amide bonds. The van der Waals surface area contributed by atoms with Crippen LogP contribution < -0.4 is 9.88 Å². The molecule has 0 heterocycles. The standard InChI is InChI=1S/C11H14BrF2NO3S/c1-11(2,6-19(15,16)17)5-18-10-8(12)3-7(13)4-9(10)14/h3-4H,5-6H2,1-2H3,(H2,15,16,17). The summed E-state index contributed by atoms with van der Waals surface area (Å²) in [4.78, 5) is 0. The summed E-state index contributed by atoms with van der Waals surface area (Å²) in [6.45, 7) is 3.16. The van der Waals surface area contributed by atoms with E-state index in [-0.39, 0.29) is 22.6 Å². The van der Waals surface area contributed by atoms with Crippen LogP contribution in [0.4, 0.5) is 8.78 Å². The second-order valence-corrected chi connectivity index (χ2v) is 7.43. The van der Waals surface area contributed by atoms with Gasteiger partial charge in [0.15, 0.2) is 11.6 Å². The van der Waals surface area contributed by atoms with Gasteiger partial charge in [0.25, 0.3) is 0 Å². The maximum absolute atomic E-state index is 13.5. The molecule has 0 atom stereocenters. The Bertz CT molecular complexity index is 552. The van der Waals surface area contributed by atoms with Crippen LogP contribution in [0.3, 0.4) is 0 Å². The molecule has 0 aromatic heterocycles. The second kappa shape index (κ2) is 5.72. The van der Waals surface area contributed by atoms with Crippen molar-refractivity contribution in [1.29, 1.82) is 0 Å². The van der Waals surface area contributed by atoms with Gasteiger partial charge in [0.05, 0.1) is 16.8 Å². The Morgan fingerprint density at radius 2 is 1.95 bits per heavy atom. The van der Waals surface area contributed by atoms with Crippen LogP contribution in [0.2, 0.25) is 0 Å². The number of primary sulfonamides is 1. The quantitative estimate of drug-likeness (QED) is 0.879. The van der Waals surface area contributed by atoms with Gasteiger partial charge in [-0.2, -0.15) is 0 Å². The van der Waals surface area contributed by atoms with Gasteiger partial charge in [-0.05, 0) is 22.0 Å². The number of rotatable bonds is 5. The number of nitrogens with two attached hydrogens (primary N) is 1. The fourth-order valence-corrected chi connectivity index (χ4v) is 3.22. The molecule has 0 aliphatic heterocycles. The van der Waals surface area contributed by atoms with Gasteiger partial charge in [0, 0.05) is 11.5 Å². The van der Waals surface area contributed by atoms with Gasteiger partial charge in [-0.25, -0.2) is 22.3 Å². The lowest BCUT2D eigenvalue weighted by molar-refractivity contribution is 0.191. The first-order valence-electron chi connectivity index (χ1n) is 5.28. The van der Waals surface area contributed by atoms with Gasteiger partial charge in [-0.1, -0.05) is 13.8 Å². The number of halogens is 3. The summed E-state index contributed by atoms with van der Waals surface area (Å²) in [5.41, 5.74) is -0.798. The molecule has 1 rings (SSSR count). The highest BCUT2D eigenvalue weighted by Gasteiger charge is 2.26. The predicted octanol–water partition coefficient (Wildman–Crippen LogP) is 2.42. The average Bonchev–Trinajstić information content (AvgIpc) is 2.10. The summed E-state index contributed by atoms with van der Waals surface area (Å²) >= 11 is 2.98. The first kappa shape index (κ1) is 16.3. The number of hydrogen-bond donors (Lipinski definition) is 1. The Morgan fingerprint density at radius 1 is 1.37 bits per heavy atom. The van der Waals surface area contributed by atoms with Crippen LogP contribution in [-0.2, 0) is 10.0 Å². The van der Waals surface area contributed by atoms with E-state index in [1.807, 2.05) is 0 Å². The summed E-state index contributed by atoms with van der Waals surface area (Å²) < 4.78 is 53.8. The minimum absolute atomic E-state index is 0.0788. The molecule has 1 aromatic carbocycles. The molecule has 0 fully saturated rings. The smallest absolute Gasteiger partial charge is 0.209 e. The first-order valence-corrected chi connectivity index (χ1v) is 7.79. The highest BCUT2D eigenvalue weighted by molar-refractivity contribution is 9.10. The fraction of sp³-hybridized carbons (Fsp3) is 0.455. The van der Waals surface area contributed by atoms with E-state index in [0.29, 0.717) is 6.07 Å². The van der Waals surface area contributed by atoms with E-state index in [4.69, 9.17) is 9.88 Å². The summed E-state index contributed by atoms with van der Waals surface area (Å²) in [5.74, 6) is -2.07. The summed E-state index contributed by atoms with van der Waals surface area (Å²) in [5, 5.41) is 4.95. The molecular formula is C11H14BrF2NO3S. The van der Waals surface area contributed by atoms with Crippen LogP contribution >= 0.6 is 15.9 Å². The van der Waals surface area contributed by atoms with Gasteiger partial charge in [-0.15, -0.1) is 0 Å². The molecule has 4 nitrogen and oxygen atoms in total. The van der Waals surface area contributed by atoms with E-state index in [2.05, 4.69) is 15.9 Å². The Morgan fingerprint density at radius 3 is 2.42 bits per heavy atom. The maximum Gasteiger partial charge on any atom is 0.209 e. The van der Waals surface area contributed by atoms with E-state index < -0.39 is 27.1 Å². The third-order valence-corrected chi connectivity index (χ3v) is 3.94. The lowest BCUT2D eigenvalue weighted by atomic mass is 9.98. The molecule has 0 unspecified atom stereocenters. The molecule has 1 aromatic rings. The maximum atomic E-state index is 13.5. The fourth-order valence-electron chi connectivity index (χ4n) is 1.52. The molecule has 8 heteroatoms. The van der Waals surface area contributed by atoms with Gasteiger partial charge < -0.3 is 4.74 Å². The second-order valence-electron chi connectivity index (χ2n) is 4.96. The topological polar surface area (TPSA) is 69.4 Å². The Labute approximate surface area is 119 Å². The van der Waals surface area contributed by atoms with E-state index >= 15 is 0 Å². The third kappa shape index (κ3) is 5.42. The zero-order chi connectivity index (χ0) is 14.8. The van der Waals surface area contributed by atoms with Gasteiger partial charge >= 0.3 is 0 Å². The van der Waals surface area contributed by atoms with E-state index in [9.17, 15) is 17.2 Å². The lowest BCUT2D eigenvalue weighted by Gasteiger charge is -2.23. The summed E-state index contributed by atoms with van der Waals surface area (Å²) in [7, 11) is -3.66. The van der Waals surface area contributed by atoms with Crippen molar-refractivity contribution in [2.75, 3.05) is 12.4 Å². The van der Waals surface area contributed by atoms with Crippen LogP contribution in [0.25, 0.3) is 0 Å². The van der Waals surface area contributed by atoms with Gasteiger partial charge in [0.1, 0.15) is 5.82 Å². The molecule has 0 radical (unpaired) electrons. The van der Waals surface area contributed by atoms with Crippen molar-refractivity contribution >= 4 is 26.0 Å². The average molecular weight is 358 g/mol. The van der Waals surface area contributed by atoms with Crippen molar-refractivity contribution < 1.29 is 21.9 Å². The number of ether oxygens (including phenoxy) is 1. The highest BCUT2D eigenvalue weighted by atomic mass is 79.9. The van der Waals surface area contributed by atoms with Crippen molar-refractivity contribution in [2.45, 2.75) is 13.8 Å². The third-order valence-electron chi connectivity index (χ3n) is 2.16. The molecule has 2 N–H and O–H groups in total. The van der Waals surface area contributed by atoms with Crippen molar-refractivity contribution in [3.05, 3.63) is 28.2 Å². The molecule has 0 saturated carbocycles. The molecule has 0 saturated heterocycles. The number of benzene rings is 1. The van der Waals surface area contributed by atoms with E-state index in [0.717, 1.165) is 6.07 Å². The van der Waals surface area contributed by atoms with Crippen molar-refractivity contribution in [3.63, 3.8) is 0 Å². The Kier molecular flexibility index (Phi) is 4.91. The SMILES string of the molecule is CC(C)(COc1c(F)cc(F)cc1Br)CS(N)(=O)=O. The molecule has 0 aliphatic carbocycles. The largest absolute Gasteiger partial charge is 0.489 e. The normalized spacial score (nSPS) is 12.5. The van der Waals surface area contributed by atoms with Crippen LogP contribution in [-0.4, -0.2) is 20.8 Å². The molecule has 19 heavy (non-hydrogen) atoms. The van der Waals surface area contributed by atoms with Gasteiger partial charge in [-0.3, -0.25) is 0 Å². The first-order chi connectivity index (χ1) is 8.50. The molecular weight excluding hydrogens is 344 g/mol. The van der Waals surface area contributed by atoms with Crippen molar-refractivity contribution in [2.24, 2.45) is 10.6 Å². The van der Waals surface area contributed by atoms with Crippen LogP contribution in [0.1, 0.15) is 13.8 Å². The molecule has 0 bridgehead atoms. The van der Waals surface area contributed by atoms with Crippen LogP contribution in [0, 0.1) is 17.0 Å². The lowest BCUT2D eigenvalue weighted by Crippen LogP contribution is -2.33. The molecule has 108 valence electrons. The monoisotopic (exact) mass is 357 g/mol. The van der Waals surface area contributed by atoms with Crippen molar-refractivity contribution in [1.82, 2.24) is 0 Å². The van der Waals surface area contributed by atoms with Crippen LogP contribution in [0.5, 0.6) is 5.75 Å². The van der Waals surface area contributed by atoms with E-state index in [1.54, 1.807) is 13.8 Å². The Hall–Kier alpha value is -0.730. The summed E-state index contributed by atoms with van der Waals surface area (Å²) in [6, 6.07) is 1.75.